The molecule has 3 aromatic rings. The number of halogens is 1. The monoisotopic (exact) mass is 540 g/mol. The number of nitrogens with zero attached hydrogens (tertiary/aromatic N) is 2. The molecule has 0 aliphatic heterocycles. The molecule has 0 aliphatic rings. The summed E-state index contributed by atoms with van der Waals surface area (Å²) in [5, 5.41) is 14.7. The lowest BCUT2D eigenvalue weighted by Gasteiger charge is -2.20. The highest BCUT2D eigenvalue weighted by molar-refractivity contribution is 5.96. The Kier molecular flexibility index (Phi) is 9.23. The van der Waals surface area contributed by atoms with Crippen molar-refractivity contribution in [3.05, 3.63) is 58.9 Å². The first kappa shape index (κ1) is 29.1. The molecule has 0 aliphatic carbocycles. The van der Waals surface area contributed by atoms with Crippen LogP contribution in [0.1, 0.15) is 55.1 Å². The molecule has 1 unspecified atom stereocenters. The van der Waals surface area contributed by atoms with Crippen LogP contribution in [0.2, 0.25) is 0 Å². The summed E-state index contributed by atoms with van der Waals surface area (Å²) in [5.41, 5.74) is 12.7. The second kappa shape index (κ2) is 12.4. The summed E-state index contributed by atoms with van der Waals surface area (Å²) in [6.45, 7) is 5.42. The Morgan fingerprint density at radius 3 is 2.38 bits per heavy atom. The van der Waals surface area contributed by atoms with Crippen LogP contribution in [0.15, 0.2) is 36.4 Å². The van der Waals surface area contributed by atoms with Crippen LogP contribution in [0.4, 0.5) is 21.0 Å². The van der Waals surface area contributed by atoms with Gasteiger partial charge in [0.15, 0.2) is 0 Å². The number of benzene rings is 2. The number of aromatic nitrogens is 2. The second-order valence-electron chi connectivity index (χ2n) is 10.0. The number of carbonyl (C=O) groups excluding carboxylic acids is 2. The smallest absolute Gasteiger partial charge is 0.407 e. The predicted octanol–water partition coefficient (Wildman–Crippen LogP) is 3.21. The number of rotatable bonds is 10. The first-order valence-electron chi connectivity index (χ1n) is 12.4. The molecule has 11 nitrogen and oxygen atoms in total. The average molecular weight is 541 g/mol. The van der Waals surface area contributed by atoms with Gasteiger partial charge in [-0.15, -0.1) is 0 Å². The number of nitrogen functional groups attached to an aromatic ring is 2. The first-order valence-corrected chi connectivity index (χ1v) is 12.4. The summed E-state index contributed by atoms with van der Waals surface area (Å²) in [7, 11) is 0. The van der Waals surface area contributed by atoms with Crippen molar-refractivity contribution in [2.75, 3.05) is 18.0 Å². The summed E-state index contributed by atoms with van der Waals surface area (Å²) in [6, 6.07) is 8.76. The molecular formula is C27H33FN6O5. The molecule has 0 fully saturated rings. The van der Waals surface area contributed by atoms with Crippen molar-refractivity contribution < 1.29 is 28.6 Å². The fourth-order valence-electron chi connectivity index (χ4n) is 3.88. The van der Waals surface area contributed by atoms with Gasteiger partial charge >= 0.3 is 12.1 Å². The molecule has 2 amide bonds. The van der Waals surface area contributed by atoms with Crippen molar-refractivity contribution in [2.45, 2.75) is 58.1 Å². The zero-order chi connectivity index (χ0) is 28.7. The molecule has 0 radical (unpaired) electrons. The van der Waals surface area contributed by atoms with Crippen molar-refractivity contribution in [1.82, 2.24) is 20.6 Å². The quantitative estimate of drug-likeness (QED) is 0.241. The molecule has 2 aromatic carbocycles. The number of nitrogens with one attached hydrogen (secondary N) is 2. The van der Waals surface area contributed by atoms with Crippen LogP contribution in [-0.4, -0.2) is 51.2 Å². The van der Waals surface area contributed by atoms with Gasteiger partial charge in [-0.3, -0.25) is 4.79 Å². The molecule has 39 heavy (non-hydrogen) atoms. The van der Waals surface area contributed by atoms with Gasteiger partial charge in [-0.05, 0) is 75.8 Å². The molecule has 1 aromatic heterocycles. The highest BCUT2D eigenvalue weighted by atomic mass is 19.1. The van der Waals surface area contributed by atoms with E-state index in [1.54, 1.807) is 57.2 Å². The SMILES string of the molecule is CC(C)(C)OC(=O)NCCCC(NC(=O)c1ccc(CCc2ccc3nc(N)nc(N)c3c2F)cc1)C(=O)O. The summed E-state index contributed by atoms with van der Waals surface area (Å²) in [4.78, 5) is 43.8. The van der Waals surface area contributed by atoms with E-state index in [4.69, 9.17) is 16.2 Å². The van der Waals surface area contributed by atoms with E-state index in [9.17, 15) is 19.5 Å². The number of nitrogens with two attached hydrogens (primary N) is 2. The zero-order valence-corrected chi connectivity index (χ0v) is 22.1. The number of hydrogen-bond donors (Lipinski definition) is 5. The van der Waals surface area contributed by atoms with Crippen molar-refractivity contribution in [3.8, 4) is 0 Å². The number of fused-ring (bicyclic) bond motifs is 1. The fraction of sp³-hybridized carbons (Fsp3) is 0.370. The molecule has 0 saturated carbocycles. The molecule has 12 heteroatoms. The summed E-state index contributed by atoms with van der Waals surface area (Å²) in [5.74, 6) is -2.26. The minimum atomic E-state index is -1.18. The molecule has 7 N–H and O–H groups in total. The van der Waals surface area contributed by atoms with Crippen molar-refractivity contribution in [1.29, 1.82) is 0 Å². The number of aryl methyl sites for hydroxylation is 2. The average Bonchev–Trinajstić information content (AvgIpc) is 2.84. The van der Waals surface area contributed by atoms with E-state index >= 15 is 4.39 Å². The third-order valence-electron chi connectivity index (χ3n) is 5.77. The summed E-state index contributed by atoms with van der Waals surface area (Å²) < 4.78 is 20.1. The van der Waals surface area contributed by atoms with E-state index in [1.165, 1.54) is 0 Å². The summed E-state index contributed by atoms with van der Waals surface area (Å²) >= 11 is 0. The van der Waals surface area contributed by atoms with Gasteiger partial charge in [0.2, 0.25) is 5.95 Å². The Morgan fingerprint density at radius 2 is 1.74 bits per heavy atom. The third-order valence-corrected chi connectivity index (χ3v) is 5.77. The number of carbonyl (C=O) groups is 3. The van der Waals surface area contributed by atoms with Gasteiger partial charge in [-0.1, -0.05) is 18.2 Å². The molecule has 1 heterocycles. The van der Waals surface area contributed by atoms with Crippen LogP contribution in [0.25, 0.3) is 10.9 Å². The largest absolute Gasteiger partial charge is 0.480 e. The van der Waals surface area contributed by atoms with Crippen LogP contribution in [0.5, 0.6) is 0 Å². The maximum Gasteiger partial charge on any atom is 0.407 e. The Morgan fingerprint density at radius 1 is 1.05 bits per heavy atom. The first-order chi connectivity index (χ1) is 18.3. The van der Waals surface area contributed by atoms with Gasteiger partial charge in [0, 0.05) is 12.1 Å². The van der Waals surface area contributed by atoms with E-state index in [2.05, 4.69) is 20.6 Å². The van der Waals surface area contributed by atoms with Crippen LogP contribution < -0.4 is 22.1 Å². The van der Waals surface area contributed by atoms with Crippen LogP contribution in [0.3, 0.4) is 0 Å². The standard InChI is InChI=1S/C27H33FN6O5/c1-27(2,3)39-26(38)31-14-4-5-19(24(36)37)32-23(35)17-10-7-15(8-11-17)6-9-16-12-13-18-20(21(16)28)22(29)34-25(30)33-18/h7-8,10-13,19H,4-6,9,14H2,1-3H3,(H,31,38)(H,32,35)(H,36,37)(H4,29,30,33,34). The Labute approximate surface area is 225 Å². The fourth-order valence-corrected chi connectivity index (χ4v) is 3.88. The molecular weight excluding hydrogens is 507 g/mol. The van der Waals surface area contributed by atoms with E-state index < -0.39 is 35.4 Å². The second-order valence-corrected chi connectivity index (χ2v) is 10.0. The number of amides is 2. The lowest BCUT2D eigenvalue weighted by atomic mass is 10.0. The predicted molar refractivity (Wildman–Crippen MR) is 145 cm³/mol. The van der Waals surface area contributed by atoms with Gasteiger partial charge in [-0.2, -0.15) is 4.98 Å². The number of anilines is 2. The molecule has 3 rings (SSSR count). The zero-order valence-electron chi connectivity index (χ0n) is 22.1. The Balaban J connectivity index is 1.54. The highest BCUT2D eigenvalue weighted by Gasteiger charge is 2.21. The number of carboxylic acid groups (broad SMARTS) is 1. The molecule has 0 bridgehead atoms. The van der Waals surface area contributed by atoms with E-state index in [0.29, 0.717) is 30.3 Å². The van der Waals surface area contributed by atoms with Crippen LogP contribution in [-0.2, 0) is 22.4 Å². The minimum absolute atomic E-state index is 0.0221. The lowest BCUT2D eigenvalue weighted by Crippen LogP contribution is -2.41. The number of hydrogen-bond acceptors (Lipinski definition) is 8. The number of aliphatic carboxylic acids is 1. The molecule has 0 saturated heterocycles. The summed E-state index contributed by atoms with van der Waals surface area (Å²) in [6.07, 6.45) is 0.712. The Hall–Kier alpha value is -4.48. The number of ether oxygens (including phenoxy) is 1. The van der Waals surface area contributed by atoms with Gasteiger partial charge in [0.25, 0.3) is 5.91 Å². The third kappa shape index (κ3) is 8.25. The van der Waals surface area contributed by atoms with Crippen LogP contribution >= 0.6 is 0 Å². The van der Waals surface area contributed by atoms with Gasteiger partial charge in [0.05, 0.1) is 10.9 Å². The van der Waals surface area contributed by atoms with Gasteiger partial charge in [0.1, 0.15) is 23.3 Å². The molecule has 208 valence electrons. The number of carboxylic acids is 1. The van der Waals surface area contributed by atoms with Crippen LogP contribution in [0, 0.1) is 5.82 Å². The Bertz CT molecular complexity index is 1360. The van der Waals surface area contributed by atoms with Gasteiger partial charge in [-0.25, -0.2) is 19.0 Å². The maximum absolute atomic E-state index is 15.0. The maximum atomic E-state index is 15.0. The van der Waals surface area contributed by atoms with E-state index in [0.717, 1.165) is 5.56 Å². The van der Waals surface area contributed by atoms with Crippen molar-refractivity contribution >= 4 is 40.6 Å². The lowest BCUT2D eigenvalue weighted by molar-refractivity contribution is -0.139. The van der Waals surface area contributed by atoms with E-state index in [1.807, 2.05) is 0 Å². The topological polar surface area (TPSA) is 183 Å². The highest BCUT2D eigenvalue weighted by Crippen LogP contribution is 2.25. The minimum Gasteiger partial charge on any atom is -0.480 e. The normalized spacial score (nSPS) is 12.1. The molecule has 1 atom stereocenters. The van der Waals surface area contributed by atoms with Crippen molar-refractivity contribution in [2.24, 2.45) is 0 Å². The number of alkyl carbamates (subject to hydrolysis) is 1. The van der Waals surface area contributed by atoms with Crippen molar-refractivity contribution in [3.63, 3.8) is 0 Å². The molecule has 0 spiro atoms. The van der Waals surface area contributed by atoms with Gasteiger partial charge < -0.3 is 31.9 Å². The van der Waals surface area contributed by atoms with E-state index in [-0.39, 0.29) is 35.7 Å².